The molecule has 5 nitrogen and oxygen atoms in total. The van der Waals surface area contributed by atoms with Crippen molar-refractivity contribution in [3.05, 3.63) is 65.2 Å². The third kappa shape index (κ3) is 7.07. The summed E-state index contributed by atoms with van der Waals surface area (Å²) in [5, 5.41) is 2.91. The first-order valence-corrected chi connectivity index (χ1v) is 10.4. The minimum atomic E-state index is -2.93. The fraction of sp³-hybridized carbons (Fsp3) is 0.375. The highest BCUT2D eigenvalue weighted by atomic mass is 19.3. The molecule has 31 heavy (non-hydrogen) atoms. The lowest BCUT2D eigenvalue weighted by Crippen LogP contribution is -2.30. The van der Waals surface area contributed by atoms with Gasteiger partial charge in [0.1, 0.15) is 0 Å². The number of benzene rings is 2. The second kappa shape index (κ2) is 11.5. The van der Waals surface area contributed by atoms with Crippen molar-refractivity contribution < 1.29 is 23.0 Å². The number of carbonyl (C=O) groups is 1. The van der Waals surface area contributed by atoms with Crippen molar-refractivity contribution in [3.63, 3.8) is 0 Å². The van der Waals surface area contributed by atoms with Crippen LogP contribution in [-0.2, 0) is 17.9 Å². The Hall–Kier alpha value is -2.93. The van der Waals surface area contributed by atoms with E-state index in [1.165, 1.54) is 50.1 Å². The van der Waals surface area contributed by atoms with E-state index in [2.05, 4.69) is 21.0 Å². The lowest BCUT2D eigenvalue weighted by molar-refractivity contribution is -0.116. The Labute approximate surface area is 181 Å². The van der Waals surface area contributed by atoms with Gasteiger partial charge in [0.15, 0.2) is 11.5 Å². The minimum Gasteiger partial charge on any atom is -0.493 e. The molecular weight excluding hydrogens is 402 g/mol. The topological polar surface area (TPSA) is 50.8 Å². The van der Waals surface area contributed by atoms with Crippen LogP contribution in [0.3, 0.4) is 0 Å². The van der Waals surface area contributed by atoms with Crippen LogP contribution < -0.4 is 14.8 Å². The van der Waals surface area contributed by atoms with Crippen LogP contribution >= 0.6 is 0 Å². The number of likely N-dealkylation sites (tertiary alicyclic amines) is 1. The van der Waals surface area contributed by atoms with Crippen molar-refractivity contribution in [2.75, 3.05) is 20.2 Å². The fourth-order valence-electron chi connectivity index (χ4n) is 3.64. The van der Waals surface area contributed by atoms with Crippen molar-refractivity contribution >= 4 is 12.0 Å². The first kappa shape index (κ1) is 22.7. The van der Waals surface area contributed by atoms with Gasteiger partial charge in [-0.15, -0.1) is 0 Å². The average Bonchev–Trinajstić information content (AvgIpc) is 2.78. The van der Waals surface area contributed by atoms with Gasteiger partial charge < -0.3 is 14.8 Å². The fourth-order valence-corrected chi connectivity index (χ4v) is 3.64. The number of piperidine rings is 1. The molecule has 0 aromatic heterocycles. The summed E-state index contributed by atoms with van der Waals surface area (Å²) in [5.74, 6) is -0.112. The number of halogens is 2. The summed E-state index contributed by atoms with van der Waals surface area (Å²) in [6, 6.07) is 12.7. The Morgan fingerprint density at radius 1 is 1.10 bits per heavy atom. The highest BCUT2D eigenvalue weighted by Gasteiger charge is 2.13. The predicted octanol–water partition coefficient (Wildman–Crippen LogP) is 4.61. The Kier molecular flexibility index (Phi) is 8.41. The van der Waals surface area contributed by atoms with Gasteiger partial charge in [0.05, 0.1) is 7.11 Å². The van der Waals surface area contributed by atoms with Crippen LogP contribution in [0.25, 0.3) is 6.08 Å². The monoisotopic (exact) mass is 430 g/mol. The molecule has 1 aliphatic rings. The van der Waals surface area contributed by atoms with Crippen LogP contribution in [0.5, 0.6) is 11.5 Å². The summed E-state index contributed by atoms with van der Waals surface area (Å²) in [7, 11) is 1.37. The molecule has 0 saturated carbocycles. The SMILES string of the molecule is COc1cc(/C=C/C(=O)NCc2ccccc2CN2CCCCC2)ccc1OC(F)F. The molecule has 2 aromatic carbocycles. The van der Waals surface area contributed by atoms with Gasteiger partial charge in [0.25, 0.3) is 0 Å². The van der Waals surface area contributed by atoms with E-state index in [-0.39, 0.29) is 17.4 Å². The van der Waals surface area contributed by atoms with E-state index in [4.69, 9.17) is 4.74 Å². The average molecular weight is 430 g/mol. The van der Waals surface area contributed by atoms with Crippen molar-refractivity contribution in [2.24, 2.45) is 0 Å². The summed E-state index contributed by atoms with van der Waals surface area (Å²) in [6.07, 6.45) is 6.79. The van der Waals surface area contributed by atoms with Crippen LogP contribution in [0, 0.1) is 0 Å². The molecule has 1 heterocycles. The van der Waals surface area contributed by atoms with Crippen LogP contribution in [0.4, 0.5) is 8.78 Å². The Morgan fingerprint density at radius 2 is 1.84 bits per heavy atom. The lowest BCUT2D eigenvalue weighted by atomic mass is 10.0. The molecule has 0 bridgehead atoms. The number of rotatable bonds is 9. The Bertz CT molecular complexity index is 896. The predicted molar refractivity (Wildman–Crippen MR) is 116 cm³/mol. The zero-order valence-corrected chi connectivity index (χ0v) is 17.7. The maximum absolute atomic E-state index is 12.4. The molecular formula is C24H28F2N2O3. The molecule has 1 N–H and O–H groups in total. The Morgan fingerprint density at radius 3 is 2.55 bits per heavy atom. The minimum absolute atomic E-state index is 0.0515. The van der Waals surface area contributed by atoms with Gasteiger partial charge in [0, 0.05) is 19.2 Å². The van der Waals surface area contributed by atoms with E-state index < -0.39 is 6.61 Å². The molecule has 0 aliphatic carbocycles. The molecule has 1 fully saturated rings. The molecule has 0 spiro atoms. The number of hydrogen-bond acceptors (Lipinski definition) is 4. The summed E-state index contributed by atoms with van der Waals surface area (Å²) < 4.78 is 34.3. The third-order valence-corrected chi connectivity index (χ3v) is 5.24. The molecule has 0 radical (unpaired) electrons. The maximum atomic E-state index is 12.4. The van der Waals surface area contributed by atoms with Gasteiger partial charge in [-0.3, -0.25) is 9.69 Å². The number of nitrogens with zero attached hydrogens (tertiary/aromatic N) is 1. The smallest absolute Gasteiger partial charge is 0.387 e. The number of nitrogens with one attached hydrogen (secondary N) is 1. The first-order chi connectivity index (χ1) is 15.0. The van der Waals surface area contributed by atoms with E-state index in [1.54, 1.807) is 12.1 Å². The molecule has 3 rings (SSSR count). The van der Waals surface area contributed by atoms with Gasteiger partial charge in [0.2, 0.25) is 5.91 Å². The van der Waals surface area contributed by atoms with Crippen LogP contribution in [0.15, 0.2) is 48.5 Å². The van der Waals surface area contributed by atoms with Crippen molar-refractivity contribution in [1.82, 2.24) is 10.2 Å². The number of ether oxygens (including phenoxy) is 2. The zero-order chi connectivity index (χ0) is 22.1. The zero-order valence-electron chi connectivity index (χ0n) is 17.7. The molecule has 1 saturated heterocycles. The third-order valence-electron chi connectivity index (χ3n) is 5.24. The lowest BCUT2D eigenvalue weighted by Gasteiger charge is -2.27. The number of methoxy groups -OCH3 is 1. The summed E-state index contributed by atoms with van der Waals surface area (Å²) in [6.45, 7) is 0.646. The second-order valence-electron chi connectivity index (χ2n) is 7.45. The van der Waals surface area contributed by atoms with Crippen molar-refractivity contribution in [1.29, 1.82) is 0 Å². The number of amides is 1. The van der Waals surface area contributed by atoms with Crippen molar-refractivity contribution in [2.45, 2.75) is 39.0 Å². The molecule has 166 valence electrons. The molecule has 0 unspecified atom stereocenters. The summed E-state index contributed by atoms with van der Waals surface area (Å²) >= 11 is 0. The van der Waals surface area contributed by atoms with Gasteiger partial charge >= 0.3 is 6.61 Å². The molecule has 1 amide bonds. The highest BCUT2D eigenvalue weighted by Crippen LogP contribution is 2.29. The van der Waals surface area contributed by atoms with Gasteiger partial charge in [-0.05, 0) is 60.8 Å². The van der Waals surface area contributed by atoms with Gasteiger partial charge in [-0.1, -0.05) is 36.8 Å². The number of hydrogen-bond donors (Lipinski definition) is 1. The van der Waals surface area contributed by atoms with Crippen LogP contribution in [0.2, 0.25) is 0 Å². The Balaban J connectivity index is 1.57. The van der Waals surface area contributed by atoms with Crippen LogP contribution in [0.1, 0.15) is 36.0 Å². The number of alkyl halides is 2. The van der Waals surface area contributed by atoms with E-state index in [0.29, 0.717) is 12.1 Å². The van der Waals surface area contributed by atoms with Crippen molar-refractivity contribution in [3.8, 4) is 11.5 Å². The van der Waals surface area contributed by atoms with Crippen LogP contribution in [-0.4, -0.2) is 37.6 Å². The molecule has 1 aliphatic heterocycles. The summed E-state index contributed by atoms with van der Waals surface area (Å²) in [5.41, 5.74) is 2.97. The van der Waals surface area contributed by atoms with E-state index >= 15 is 0 Å². The largest absolute Gasteiger partial charge is 0.493 e. The standard InChI is InChI=1S/C24H28F2N2O3/c1-30-22-15-18(9-11-21(22)31-24(25)26)10-12-23(29)27-16-19-7-3-4-8-20(19)17-28-13-5-2-6-14-28/h3-4,7-12,15,24H,2,5-6,13-14,16-17H2,1H3,(H,27,29)/b12-10+. The maximum Gasteiger partial charge on any atom is 0.387 e. The first-order valence-electron chi connectivity index (χ1n) is 10.4. The second-order valence-corrected chi connectivity index (χ2v) is 7.45. The molecule has 7 heteroatoms. The van der Waals surface area contributed by atoms with E-state index in [1.807, 2.05) is 18.2 Å². The quantitative estimate of drug-likeness (QED) is 0.590. The molecule has 0 atom stereocenters. The van der Waals surface area contributed by atoms with E-state index in [0.717, 1.165) is 25.2 Å². The van der Waals surface area contributed by atoms with Gasteiger partial charge in [-0.25, -0.2) is 0 Å². The molecule has 2 aromatic rings. The van der Waals surface area contributed by atoms with Gasteiger partial charge in [-0.2, -0.15) is 8.78 Å². The number of carbonyl (C=O) groups excluding carboxylic acids is 1. The van der Waals surface area contributed by atoms with E-state index in [9.17, 15) is 13.6 Å². The normalized spacial score (nSPS) is 14.7. The summed E-state index contributed by atoms with van der Waals surface area (Å²) in [4.78, 5) is 14.8. The highest BCUT2D eigenvalue weighted by molar-refractivity contribution is 5.91.